The summed E-state index contributed by atoms with van der Waals surface area (Å²) < 4.78 is 57.7. The van der Waals surface area contributed by atoms with Gasteiger partial charge in [0.05, 0.1) is 5.60 Å². The average molecular weight is 517 g/mol. The van der Waals surface area contributed by atoms with Crippen LogP contribution in [0.2, 0.25) is 0 Å². The van der Waals surface area contributed by atoms with Crippen molar-refractivity contribution in [2.45, 2.75) is 57.1 Å². The molecule has 0 N–H and O–H groups in total. The Hall–Kier alpha value is -2.90. The fourth-order valence-corrected chi connectivity index (χ4v) is 4.47. The predicted octanol–water partition coefficient (Wildman–Crippen LogP) is 7.11. The van der Waals surface area contributed by atoms with Gasteiger partial charge in [-0.2, -0.15) is 13.2 Å². The Morgan fingerprint density at radius 1 is 1.03 bits per heavy atom. The molecular weight excluding hydrogens is 481 g/mol. The Kier molecular flexibility index (Phi) is 9.37. The van der Waals surface area contributed by atoms with E-state index in [4.69, 9.17) is 14.2 Å². The number of ether oxygens (including phenoxy) is 3. The van der Waals surface area contributed by atoms with Crippen molar-refractivity contribution in [3.8, 4) is 0 Å². The lowest BCUT2D eigenvalue weighted by atomic mass is 9.92. The fraction of sp³-hybridized carbons (Fsp3) is 0.433. The van der Waals surface area contributed by atoms with Gasteiger partial charge in [-0.05, 0) is 37.2 Å². The molecule has 0 unspecified atom stereocenters. The van der Waals surface area contributed by atoms with Crippen LogP contribution in [-0.4, -0.2) is 37.6 Å². The standard InChI is InChI=1S/C30H35F3O4/c1-22(18-19-24-14-7-5-8-15-24)12-11-13-23(2)20-28(3)26(37-28)21-36-27(34)29(35-4,30(31,32)33)25-16-9-6-10-17-25/h5-11,13-19,22-23,26H,12,20-21H2,1-4H3/b13-11+,19-18+/t22-,23-,26-,28-,29+/m1/s1. The molecule has 0 spiro atoms. The number of alkyl halides is 3. The minimum Gasteiger partial charge on any atom is -0.460 e. The van der Waals surface area contributed by atoms with Crippen LogP contribution in [0, 0.1) is 11.8 Å². The fourth-order valence-electron chi connectivity index (χ4n) is 4.47. The van der Waals surface area contributed by atoms with Gasteiger partial charge in [0.25, 0.3) is 5.60 Å². The van der Waals surface area contributed by atoms with Crippen molar-refractivity contribution in [3.05, 3.63) is 90.0 Å². The molecule has 5 atom stereocenters. The molecule has 0 radical (unpaired) electrons. The topological polar surface area (TPSA) is 48.1 Å². The van der Waals surface area contributed by atoms with Crippen LogP contribution in [0.4, 0.5) is 13.2 Å². The van der Waals surface area contributed by atoms with Gasteiger partial charge in [-0.25, -0.2) is 4.79 Å². The molecule has 1 heterocycles. The molecule has 1 aliphatic heterocycles. The van der Waals surface area contributed by atoms with Crippen LogP contribution in [0.5, 0.6) is 0 Å². The first-order chi connectivity index (χ1) is 17.5. The third kappa shape index (κ3) is 7.11. The maximum atomic E-state index is 14.0. The number of hydrogen-bond donors (Lipinski definition) is 0. The second-order valence-electron chi connectivity index (χ2n) is 9.86. The van der Waals surface area contributed by atoms with E-state index in [1.54, 1.807) is 6.07 Å². The summed E-state index contributed by atoms with van der Waals surface area (Å²) in [5.41, 5.74) is -2.93. The van der Waals surface area contributed by atoms with E-state index in [2.05, 4.69) is 50.3 Å². The first-order valence-corrected chi connectivity index (χ1v) is 12.4. The number of rotatable bonds is 12. The second kappa shape index (κ2) is 12.1. The molecule has 0 bridgehead atoms. The Bertz CT molecular complexity index is 1070. The summed E-state index contributed by atoms with van der Waals surface area (Å²) >= 11 is 0. The molecular formula is C30H35F3O4. The zero-order valence-electron chi connectivity index (χ0n) is 21.7. The molecule has 1 aliphatic rings. The Morgan fingerprint density at radius 3 is 2.24 bits per heavy atom. The van der Waals surface area contributed by atoms with E-state index in [-0.39, 0.29) is 18.1 Å². The minimum absolute atomic E-state index is 0.188. The van der Waals surface area contributed by atoms with Gasteiger partial charge < -0.3 is 14.2 Å². The SMILES string of the molecule is CO[C@](C(=O)OC[C@H]1O[C@]1(C)C[C@H](C)/C=C/C[C@@H](C)/C=C/c1ccccc1)(c1ccccc1)C(F)(F)F. The van der Waals surface area contributed by atoms with Gasteiger partial charge in [0.15, 0.2) is 0 Å². The summed E-state index contributed by atoms with van der Waals surface area (Å²) in [7, 11) is 0.853. The van der Waals surface area contributed by atoms with Crippen molar-refractivity contribution < 1.29 is 32.2 Å². The molecule has 2 aromatic rings. The van der Waals surface area contributed by atoms with Gasteiger partial charge in [0.2, 0.25) is 0 Å². The van der Waals surface area contributed by atoms with Crippen LogP contribution in [0.25, 0.3) is 6.08 Å². The molecule has 3 rings (SSSR count). The molecule has 0 aliphatic carbocycles. The zero-order chi connectivity index (χ0) is 27.1. The van der Waals surface area contributed by atoms with Crippen molar-refractivity contribution in [3.63, 3.8) is 0 Å². The first kappa shape index (κ1) is 28.7. The van der Waals surface area contributed by atoms with Gasteiger partial charge in [-0.3, -0.25) is 0 Å². The quantitative estimate of drug-likeness (QED) is 0.171. The van der Waals surface area contributed by atoms with Crippen LogP contribution in [-0.2, 0) is 24.6 Å². The molecule has 2 aromatic carbocycles. The summed E-state index contributed by atoms with van der Waals surface area (Å²) in [4.78, 5) is 12.7. The number of methoxy groups -OCH3 is 1. The second-order valence-corrected chi connectivity index (χ2v) is 9.86. The lowest BCUT2D eigenvalue weighted by Crippen LogP contribution is -2.52. The number of benzene rings is 2. The lowest BCUT2D eigenvalue weighted by molar-refractivity contribution is -0.276. The van der Waals surface area contributed by atoms with Gasteiger partial charge >= 0.3 is 12.1 Å². The average Bonchev–Trinajstić information content (AvgIpc) is 3.51. The third-order valence-corrected chi connectivity index (χ3v) is 6.69. The Balaban J connectivity index is 1.50. The van der Waals surface area contributed by atoms with E-state index in [1.165, 1.54) is 29.8 Å². The number of hydrogen-bond acceptors (Lipinski definition) is 4. The minimum atomic E-state index is -5.00. The maximum Gasteiger partial charge on any atom is 0.432 e. The monoisotopic (exact) mass is 516 g/mol. The van der Waals surface area contributed by atoms with Gasteiger partial charge in [-0.1, -0.05) is 98.8 Å². The summed E-state index contributed by atoms with van der Waals surface area (Å²) in [6, 6.07) is 16.9. The molecule has 200 valence electrons. The largest absolute Gasteiger partial charge is 0.460 e. The van der Waals surface area contributed by atoms with Crippen LogP contribution in [0.3, 0.4) is 0 Å². The lowest BCUT2D eigenvalue weighted by Gasteiger charge is -2.32. The number of carbonyl (C=O) groups is 1. The molecule has 1 saturated heterocycles. The number of epoxide rings is 1. The molecule has 0 aromatic heterocycles. The number of esters is 1. The highest BCUT2D eigenvalue weighted by Gasteiger charge is 2.64. The van der Waals surface area contributed by atoms with Gasteiger partial charge in [0.1, 0.15) is 12.7 Å². The van der Waals surface area contributed by atoms with Gasteiger partial charge in [0, 0.05) is 12.7 Å². The molecule has 1 fully saturated rings. The summed E-state index contributed by atoms with van der Waals surface area (Å²) in [5, 5.41) is 0. The van der Waals surface area contributed by atoms with E-state index < -0.39 is 29.5 Å². The first-order valence-electron chi connectivity index (χ1n) is 12.4. The smallest absolute Gasteiger partial charge is 0.432 e. The zero-order valence-corrected chi connectivity index (χ0v) is 21.7. The van der Waals surface area contributed by atoms with Crippen molar-refractivity contribution in [1.82, 2.24) is 0 Å². The van der Waals surface area contributed by atoms with Crippen LogP contribution in [0.15, 0.2) is 78.9 Å². The highest BCUT2D eigenvalue weighted by molar-refractivity contribution is 5.82. The highest BCUT2D eigenvalue weighted by atomic mass is 19.4. The summed E-state index contributed by atoms with van der Waals surface area (Å²) in [6.07, 6.45) is 4.63. The van der Waals surface area contributed by atoms with E-state index in [0.717, 1.165) is 13.5 Å². The molecule has 0 saturated carbocycles. The van der Waals surface area contributed by atoms with Crippen LogP contribution >= 0.6 is 0 Å². The van der Waals surface area contributed by atoms with E-state index >= 15 is 0 Å². The van der Waals surface area contributed by atoms with Gasteiger partial charge in [-0.15, -0.1) is 0 Å². The van der Waals surface area contributed by atoms with Crippen molar-refractivity contribution in [2.24, 2.45) is 11.8 Å². The van der Waals surface area contributed by atoms with E-state index in [9.17, 15) is 18.0 Å². The molecule has 4 nitrogen and oxygen atoms in total. The summed E-state index contributed by atoms with van der Waals surface area (Å²) in [6.45, 7) is 5.82. The third-order valence-electron chi connectivity index (χ3n) is 6.69. The molecule has 7 heteroatoms. The van der Waals surface area contributed by atoms with Crippen LogP contribution < -0.4 is 0 Å². The predicted molar refractivity (Wildman–Crippen MR) is 138 cm³/mol. The maximum absolute atomic E-state index is 14.0. The number of carbonyl (C=O) groups excluding carboxylic acids is 1. The van der Waals surface area contributed by atoms with Crippen molar-refractivity contribution in [2.75, 3.05) is 13.7 Å². The normalized spacial score (nSPS) is 23.1. The van der Waals surface area contributed by atoms with Crippen LogP contribution in [0.1, 0.15) is 44.7 Å². The number of allylic oxidation sites excluding steroid dienone is 3. The Morgan fingerprint density at radius 2 is 1.65 bits per heavy atom. The van der Waals surface area contributed by atoms with E-state index in [0.29, 0.717) is 12.3 Å². The van der Waals surface area contributed by atoms with Crippen molar-refractivity contribution >= 4 is 12.0 Å². The summed E-state index contributed by atoms with van der Waals surface area (Å²) in [5.74, 6) is -0.937. The molecule has 37 heavy (non-hydrogen) atoms. The van der Waals surface area contributed by atoms with E-state index in [1.807, 2.05) is 25.1 Å². The van der Waals surface area contributed by atoms with Crippen molar-refractivity contribution in [1.29, 1.82) is 0 Å². The highest BCUT2D eigenvalue weighted by Crippen LogP contribution is 2.45. The molecule has 0 amide bonds. The number of halogens is 3. The Labute approximate surface area is 217 Å².